The van der Waals surface area contributed by atoms with E-state index in [1.807, 2.05) is 31.2 Å². The van der Waals surface area contributed by atoms with Gasteiger partial charge in [0, 0.05) is 45.3 Å². The molecule has 2 aliphatic rings. The lowest BCUT2D eigenvalue weighted by Crippen LogP contribution is -2.54. The average Bonchev–Trinajstić information content (AvgIpc) is 2.84. The molecule has 0 aromatic heterocycles. The Hall–Kier alpha value is -2.79. The van der Waals surface area contributed by atoms with Crippen molar-refractivity contribution >= 4 is 16.1 Å². The van der Waals surface area contributed by atoms with Crippen molar-refractivity contribution < 1.29 is 22.3 Å². The van der Waals surface area contributed by atoms with Crippen molar-refractivity contribution in [1.29, 1.82) is 0 Å². The summed E-state index contributed by atoms with van der Waals surface area (Å²) in [5.74, 6) is 0.271. The topological polar surface area (TPSA) is 96.2 Å². The zero-order chi connectivity index (χ0) is 26.0. The number of amides is 1. The van der Waals surface area contributed by atoms with Gasteiger partial charge in [-0.2, -0.15) is 12.7 Å². The van der Waals surface area contributed by atoms with Gasteiger partial charge in [0.2, 0.25) is 5.91 Å². The summed E-state index contributed by atoms with van der Waals surface area (Å²) in [5, 5.41) is 5.29. The molecule has 36 heavy (non-hydrogen) atoms. The monoisotopic (exact) mass is 516 g/mol. The van der Waals surface area contributed by atoms with Crippen LogP contribution in [0, 0.1) is 12.7 Å². The number of benzene rings is 2. The number of carbonyl (C=O) groups excluding carboxylic acids is 1. The number of nitrogens with zero attached hydrogens (tertiary/aromatic N) is 3. The van der Waals surface area contributed by atoms with Gasteiger partial charge in [0.1, 0.15) is 17.7 Å². The highest BCUT2D eigenvalue weighted by atomic mass is 32.2. The first-order valence-electron chi connectivity index (χ1n) is 12.0. The largest absolute Gasteiger partial charge is 0.484 e. The van der Waals surface area contributed by atoms with Crippen LogP contribution in [0.4, 0.5) is 4.39 Å². The SMILES string of the molecule is C=CC(=O)N1CCN(C[C@H](Oc2ccc3c(c2)CCN(S(N)(=O)=O)C3)c2ccc(C)c(F)c2)C[C@H]1C. The molecule has 1 fully saturated rings. The first kappa shape index (κ1) is 26.3. The molecule has 2 aromatic carbocycles. The normalized spacial score (nSPS) is 20.0. The third-order valence-corrected chi connectivity index (χ3v) is 7.99. The van der Waals surface area contributed by atoms with Crippen LogP contribution in [0.15, 0.2) is 49.1 Å². The molecule has 10 heteroatoms. The van der Waals surface area contributed by atoms with Gasteiger partial charge in [0.05, 0.1) is 0 Å². The number of hydrogen-bond acceptors (Lipinski definition) is 5. The lowest BCUT2D eigenvalue weighted by Gasteiger charge is -2.40. The molecule has 0 saturated carbocycles. The third-order valence-electron chi connectivity index (χ3n) is 6.95. The number of carbonyl (C=O) groups is 1. The van der Waals surface area contributed by atoms with Crippen LogP contribution in [0.2, 0.25) is 0 Å². The molecule has 1 saturated heterocycles. The average molecular weight is 517 g/mol. The Morgan fingerprint density at radius 2 is 2.00 bits per heavy atom. The van der Waals surface area contributed by atoms with E-state index in [2.05, 4.69) is 11.5 Å². The smallest absolute Gasteiger partial charge is 0.277 e. The molecule has 2 aliphatic heterocycles. The maximum Gasteiger partial charge on any atom is 0.277 e. The molecule has 0 aliphatic carbocycles. The quantitative estimate of drug-likeness (QED) is 0.571. The lowest BCUT2D eigenvalue weighted by molar-refractivity contribution is -0.130. The molecule has 2 heterocycles. The maximum atomic E-state index is 14.5. The second-order valence-corrected chi connectivity index (χ2v) is 11.1. The van der Waals surface area contributed by atoms with Crippen molar-refractivity contribution in [2.75, 3.05) is 32.7 Å². The van der Waals surface area contributed by atoms with Gasteiger partial charge < -0.3 is 9.64 Å². The number of halogens is 1. The highest BCUT2D eigenvalue weighted by Gasteiger charge is 2.29. The van der Waals surface area contributed by atoms with E-state index >= 15 is 0 Å². The number of ether oxygens (including phenoxy) is 1. The van der Waals surface area contributed by atoms with E-state index in [9.17, 15) is 17.6 Å². The van der Waals surface area contributed by atoms with Gasteiger partial charge >= 0.3 is 0 Å². The van der Waals surface area contributed by atoms with Crippen LogP contribution in [0.5, 0.6) is 5.75 Å². The van der Waals surface area contributed by atoms with Crippen molar-refractivity contribution in [1.82, 2.24) is 14.1 Å². The summed E-state index contributed by atoms with van der Waals surface area (Å²) in [5.41, 5.74) is 3.19. The van der Waals surface area contributed by atoms with Crippen molar-refractivity contribution in [3.8, 4) is 5.75 Å². The highest BCUT2D eigenvalue weighted by molar-refractivity contribution is 7.86. The van der Waals surface area contributed by atoms with Crippen molar-refractivity contribution in [2.45, 2.75) is 39.0 Å². The molecule has 0 unspecified atom stereocenters. The molecule has 0 spiro atoms. The maximum absolute atomic E-state index is 14.5. The zero-order valence-electron chi connectivity index (χ0n) is 20.7. The number of hydrogen-bond donors (Lipinski definition) is 1. The zero-order valence-corrected chi connectivity index (χ0v) is 21.5. The van der Waals surface area contributed by atoms with Gasteiger partial charge in [-0.15, -0.1) is 0 Å². The molecule has 2 atom stereocenters. The van der Waals surface area contributed by atoms with E-state index in [0.29, 0.717) is 50.5 Å². The first-order chi connectivity index (χ1) is 17.0. The molecule has 4 rings (SSSR count). The van der Waals surface area contributed by atoms with Gasteiger partial charge in [-0.05, 0) is 66.8 Å². The summed E-state index contributed by atoms with van der Waals surface area (Å²) < 4.78 is 45.6. The number of aryl methyl sites for hydroxylation is 1. The molecule has 0 bridgehead atoms. The third kappa shape index (κ3) is 5.95. The fourth-order valence-corrected chi connectivity index (χ4v) is 5.52. The van der Waals surface area contributed by atoms with Crippen LogP contribution in [0.1, 0.15) is 35.3 Å². The Labute approximate surface area is 212 Å². The van der Waals surface area contributed by atoms with Crippen molar-refractivity contribution in [2.24, 2.45) is 5.14 Å². The van der Waals surface area contributed by atoms with Crippen LogP contribution in [-0.4, -0.2) is 67.2 Å². The predicted octanol–water partition coefficient (Wildman–Crippen LogP) is 2.53. The minimum atomic E-state index is -3.74. The standard InChI is InChI=1S/C26H33FN4O4S/c1-4-26(32)31-12-11-29(15-19(31)3)17-25(21-6-5-18(2)24(27)14-21)35-23-8-7-22-16-30(36(28,33)34)10-9-20(22)13-23/h4-8,13-14,19,25H,1,9-12,15-17H2,2-3H3,(H2,28,33,34)/t19-,25+/m1/s1. The van der Waals surface area contributed by atoms with E-state index in [4.69, 9.17) is 9.88 Å². The van der Waals surface area contributed by atoms with E-state index in [0.717, 1.165) is 16.7 Å². The summed E-state index contributed by atoms with van der Waals surface area (Å²) in [7, 11) is -3.74. The summed E-state index contributed by atoms with van der Waals surface area (Å²) in [6, 6.07) is 10.8. The number of fused-ring (bicyclic) bond motifs is 1. The van der Waals surface area contributed by atoms with E-state index in [-0.39, 0.29) is 24.3 Å². The highest BCUT2D eigenvalue weighted by Crippen LogP contribution is 2.29. The molecule has 2 aromatic rings. The Morgan fingerprint density at radius 3 is 2.67 bits per heavy atom. The molecule has 8 nitrogen and oxygen atoms in total. The summed E-state index contributed by atoms with van der Waals surface area (Å²) >= 11 is 0. The van der Waals surface area contributed by atoms with Crippen molar-refractivity contribution in [3.05, 3.63) is 77.1 Å². The predicted molar refractivity (Wildman–Crippen MR) is 136 cm³/mol. The van der Waals surface area contributed by atoms with E-state index in [1.165, 1.54) is 16.4 Å². The Balaban J connectivity index is 1.54. The second kappa shape index (κ2) is 10.7. The van der Waals surface area contributed by atoms with Gasteiger partial charge in [-0.1, -0.05) is 24.8 Å². The van der Waals surface area contributed by atoms with E-state index in [1.54, 1.807) is 17.9 Å². The van der Waals surface area contributed by atoms with Crippen LogP contribution in [0.25, 0.3) is 0 Å². The number of rotatable bonds is 7. The van der Waals surface area contributed by atoms with Gasteiger partial charge in [0.25, 0.3) is 10.2 Å². The molecule has 0 radical (unpaired) electrons. The Bertz CT molecular complexity index is 1250. The van der Waals surface area contributed by atoms with Crippen LogP contribution in [-0.2, 0) is 28.0 Å². The fraction of sp³-hybridized carbons (Fsp3) is 0.423. The van der Waals surface area contributed by atoms with Gasteiger partial charge in [0.15, 0.2) is 0 Å². The molecule has 194 valence electrons. The molecular formula is C26H33FN4O4S. The number of piperazine rings is 1. The van der Waals surface area contributed by atoms with Gasteiger partial charge in [-0.25, -0.2) is 9.53 Å². The van der Waals surface area contributed by atoms with Gasteiger partial charge in [-0.3, -0.25) is 9.69 Å². The molecular weight excluding hydrogens is 483 g/mol. The van der Waals surface area contributed by atoms with Crippen LogP contribution >= 0.6 is 0 Å². The van der Waals surface area contributed by atoms with Crippen LogP contribution in [0.3, 0.4) is 0 Å². The van der Waals surface area contributed by atoms with E-state index < -0.39 is 16.3 Å². The summed E-state index contributed by atoms with van der Waals surface area (Å²) in [6.45, 7) is 10.3. The molecule has 2 N–H and O–H groups in total. The minimum Gasteiger partial charge on any atom is -0.484 e. The second-order valence-electron chi connectivity index (χ2n) is 9.52. The van der Waals surface area contributed by atoms with Crippen molar-refractivity contribution in [3.63, 3.8) is 0 Å². The fourth-order valence-electron chi connectivity index (χ4n) is 4.86. The minimum absolute atomic E-state index is 0.0187. The summed E-state index contributed by atoms with van der Waals surface area (Å²) in [4.78, 5) is 16.1. The Morgan fingerprint density at radius 1 is 1.22 bits per heavy atom. The molecule has 1 amide bonds. The number of nitrogens with two attached hydrogens (primary N) is 1. The first-order valence-corrected chi connectivity index (χ1v) is 13.5. The van der Waals surface area contributed by atoms with Crippen LogP contribution < -0.4 is 9.88 Å². The summed E-state index contributed by atoms with van der Waals surface area (Å²) in [6.07, 6.45) is 1.44. The lowest BCUT2D eigenvalue weighted by atomic mass is 10.0. The Kier molecular flexibility index (Phi) is 7.79.